The van der Waals surface area contributed by atoms with Crippen molar-refractivity contribution in [2.24, 2.45) is 5.10 Å². The van der Waals surface area contributed by atoms with Gasteiger partial charge in [0.2, 0.25) is 5.75 Å². The Balaban J connectivity index is 1.80. The second kappa shape index (κ2) is 6.87. The van der Waals surface area contributed by atoms with E-state index in [0.29, 0.717) is 17.3 Å². The average Bonchev–Trinajstić information content (AvgIpc) is 2.62. The number of nitrogens with one attached hydrogen (secondary N) is 1. The Morgan fingerprint density at radius 2 is 1.75 bits per heavy atom. The molecular formula is C18H17N3O3. The van der Waals surface area contributed by atoms with E-state index in [2.05, 4.69) is 15.5 Å². The second-order valence-electron chi connectivity index (χ2n) is 5.03. The van der Waals surface area contributed by atoms with Crippen LogP contribution in [0.2, 0.25) is 0 Å². The number of aromatic nitrogens is 1. The van der Waals surface area contributed by atoms with E-state index in [1.165, 1.54) is 14.2 Å². The first-order valence-corrected chi connectivity index (χ1v) is 7.31. The van der Waals surface area contributed by atoms with Gasteiger partial charge in [-0.15, -0.1) is 0 Å². The maximum absolute atomic E-state index is 9.90. The first kappa shape index (κ1) is 15.6. The van der Waals surface area contributed by atoms with Crippen LogP contribution in [-0.2, 0) is 0 Å². The number of phenols is 1. The normalized spacial score (nSPS) is 10.9. The highest BCUT2D eigenvalue weighted by atomic mass is 16.5. The highest BCUT2D eigenvalue weighted by Crippen LogP contribution is 2.36. The lowest BCUT2D eigenvalue weighted by molar-refractivity contribution is 0.340. The van der Waals surface area contributed by atoms with E-state index in [1.807, 2.05) is 36.4 Å². The summed E-state index contributed by atoms with van der Waals surface area (Å²) < 4.78 is 10.2. The third kappa shape index (κ3) is 3.22. The van der Waals surface area contributed by atoms with Gasteiger partial charge in [-0.3, -0.25) is 5.43 Å². The fourth-order valence-corrected chi connectivity index (χ4v) is 2.29. The number of anilines is 1. The molecule has 0 aliphatic carbocycles. The summed E-state index contributed by atoms with van der Waals surface area (Å²) in [5.74, 6) is 1.24. The van der Waals surface area contributed by atoms with Crippen LogP contribution in [0.4, 0.5) is 5.82 Å². The first-order chi connectivity index (χ1) is 11.7. The summed E-state index contributed by atoms with van der Waals surface area (Å²) in [5.41, 5.74) is 4.50. The smallest absolute Gasteiger partial charge is 0.200 e. The van der Waals surface area contributed by atoms with E-state index in [9.17, 15) is 5.11 Å². The van der Waals surface area contributed by atoms with Gasteiger partial charge in [-0.2, -0.15) is 5.10 Å². The Kier molecular flexibility index (Phi) is 4.47. The van der Waals surface area contributed by atoms with Crippen LogP contribution in [0.25, 0.3) is 10.9 Å². The minimum Gasteiger partial charge on any atom is -0.502 e. The number of para-hydroxylation sites is 1. The van der Waals surface area contributed by atoms with Crippen LogP contribution >= 0.6 is 0 Å². The van der Waals surface area contributed by atoms with Gasteiger partial charge in [-0.1, -0.05) is 18.2 Å². The fourth-order valence-electron chi connectivity index (χ4n) is 2.29. The quantitative estimate of drug-likeness (QED) is 0.556. The van der Waals surface area contributed by atoms with Gasteiger partial charge in [0.1, 0.15) is 5.82 Å². The maximum Gasteiger partial charge on any atom is 0.200 e. The van der Waals surface area contributed by atoms with Crippen LogP contribution in [0.3, 0.4) is 0 Å². The molecule has 24 heavy (non-hydrogen) atoms. The third-order valence-electron chi connectivity index (χ3n) is 3.49. The first-order valence-electron chi connectivity index (χ1n) is 7.31. The minimum atomic E-state index is -0.0405. The Morgan fingerprint density at radius 1 is 1.04 bits per heavy atom. The molecule has 1 aromatic heterocycles. The number of benzene rings is 2. The summed E-state index contributed by atoms with van der Waals surface area (Å²) in [6.07, 6.45) is 1.60. The van der Waals surface area contributed by atoms with Gasteiger partial charge in [-0.05, 0) is 30.3 Å². The third-order valence-corrected chi connectivity index (χ3v) is 3.49. The number of nitrogens with zero attached hydrogens (tertiary/aromatic N) is 2. The van der Waals surface area contributed by atoms with Gasteiger partial charge in [0.05, 0.1) is 26.0 Å². The van der Waals surface area contributed by atoms with Crippen LogP contribution in [-0.4, -0.2) is 30.5 Å². The van der Waals surface area contributed by atoms with Crippen LogP contribution in [0.15, 0.2) is 53.6 Å². The molecule has 0 aliphatic rings. The summed E-state index contributed by atoms with van der Waals surface area (Å²) in [5, 5.41) is 15.1. The Labute approximate surface area is 139 Å². The molecule has 2 aromatic carbocycles. The van der Waals surface area contributed by atoms with Gasteiger partial charge in [0.15, 0.2) is 11.5 Å². The van der Waals surface area contributed by atoms with Crippen molar-refractivity contribution in [1.82, 2.24) is 4.98 Å². The Morgan fingerprint density at radius 3 is 2.46 bits per heavy atom. The zero-order chi connectivity index (χ0) is 16.9. The molecule has 0 aliphatic heterocycles. The lowest BCUT2D eigenvalue weighted by Crippen LogP contribution is -1.95. The monoisotopic (exact) mass is 323 g/mol. The molecule has 6 nitrogen and oxygen atoms in total. The number of methoxy groups -OCH3 is 2. The molecule has 122 valence electrons. The van der Waals surface area contributed by atoms with Crippen molar-refractivity contribution < 1.29 is 14.6 Å². The molecule has 0 radical (unpaired) electrons. The van der Waals surface area contributed by atoms with Gasteiger partial charge < -0.3 is 14.6 Å². The molecule has 3 rings (SSSR count). The molecule has 0 atom stereocenters. The molecule has 0 bridgehead atoms. The molecule has 0 saturated heterocycles. The van der Waals surface area contributed by atoms with Gasteiger partial charge in [0, 0.05) is 10.9 Å². The van der Waals surface area contributed by atoms with Crippen molar-refractivity contribution in [1.29, 1.82) is 0 Å². The lowest BCUT2D eigenvalue weighted by atomic mass is 10.2. The highest BCUT2D eigenvalue weighted by molar-refractivity contribution is 5.83. The number of hydrazone groups is 1. The number of hydrogen-bond acceptors (Lipinski definition) is 6. The minimum absolute atomic E-state index is 0.0405. The van der Waals surface area contributed by atoms with Gasteiger partial charge in [-0.25, -0.2) is 4.98 Å². The summed E-state index contributed by atoms with van der Waals surface area (Å²) in [6, 6.07) is 15.0. The molecule has 0 spiro atoms. The summed E-state index contributed by atoms with van der Waals surface area (Å²) >= 11 is 0. The topological polar surface area (TPSA) is 76.0 Å². The molecule has 0 saturated carbocycles. The number of pyridine rings is 1. The molecule has 1 heterocycles. The van der Waals surface area contributed by atoms with E-state index in [1.54, 1.807) is 18.3 Å². The van der Waals surface area contributed by atoms with Crippen LogP contribution in [0.1, 0.15) is 5.56 Å². The van der Waals surface area contributed by atoms with E-state index in [-0.39, 0.29) is 5.75 Å². The van der Waals surface area contributed by atoms with Crippen LogP contribution in [0, 0.1) is 0 Å². The zero-order valence-electron chi connectivity index (χ0n) is 13.4. The average molecular weight is 323 g/mol. The van der Waals surface area contributed by atoms with Crippen molar-refractivity contribution >= 4 is 22.9 Å². The fraction of sp³-hybridized carbons (Fsp3) is 0.111. The lowest BCUT2D eigenvalue weighted by Gasteiger charge is -2.09. The van der Waals surface area contributed by atoms with Crippen molar-refractivity contribution in [3.05, 3.63) is 54.1 Å². The SMILES string of the molecule is COc1cc(C=NNc2ccc3ccccc3n2)cc(OC)c1O. The maximum atomic E-state index is 9.90. The summed E-state index contributed by atoms with van der Waals surface area (Å²) in [7, 11) is 2.96. The van der Waals surface area contributed by atoms with E-state index >= 15 is 0 Å². The summed E-state index contributed by atoms with van der Waals surface area (Å²) in [6.45, 7) is 0. The Hall–Kier alpha value is -3.28. The molecule has 3 aromatic rings. The van der Waals surface area contributed by atoms with Gasteiger partial charge in [0.25, 0.3) is 0 Å². The van der Waals surface area contributed by atoms with Gasteiger partial charge >= 0.3 is 0 Å². The zero-order valence-corrected chi connectivity index (χ0v) is 13.4. The number of phenolic OH excluding ortho intramolecular Hbond substituents is 1. The van der Waals surface area contributed by atoms with Crippen molar-refractivity contribution in [2.45, 2.75) is 0 Å². The molecule has 0 amide bonds. The van der Waals surface area contributed by atoms with E-state index in [4.69, 9.17) is 9.47 Å². The number of rotatable bonds is 5. The summed E-state index contributed by atoms with van der Waals surface area (Å²) in [4.78, 5) is 4.47. The van der Waals surface area contributed by atoms with Crippen LogP contribution < -0.4 is 14.9 Å². The molecule has 0 unspecified atom stereocenters. The molecule has 6 heteroatoms. The van der Waals surface area contributed by atoms with Crippen LogP contribution in [0.5, 0.6) is 17.2 Å². The number of fused-ring (bicyclic) bond motifs is 1. The number of hydrogen-bond donors (Lipinski definition) is 2. The predicted octanol–water partition coefficient (Wildman–Crippen LogP) is 3.40. The predicted molar refractivity (Wildman–Crippen MR) is 94.2 cm³/mol. The largest absolute Gasteiger partial charge is 0.502 e. The van der Waals surface area contributed by atoms with E-state index in [0.717, 1.165) is 16.5 Å². The number of ether oxygens (including phenoxy) is 2. The highest BCUT2D eigenvalue weighted by Gasteiger charge is 2.10. The number of aromatic hydroxyl groups is 1. The molecular weight excluding hydrogens is 306 g/mol. The second-order valence-corrected chi connectivity index (χ2v) is 5.03. The molecule has 2 N–H and O–H groups in total. The van der Waals surface area contributed by atoms with E-state index < -0.39 is 0 Å². The molecule has 0 fully saturated rings. The standard InChI is InChI=1S/C18H17N3O3/c1-23-15-9-12(10-16(24-2)18(15)22)11-19-21-17-8-7-13-5-3-4-6-14(13)20-17/h3-11,22H,1-2H3,(H,20,21). The van der Waals surface area contributed by atoms with Crippen molar-refractivity contribution in [3.8, 4) is 17.2 Å². The van der Waals surface area contributed by atoms with Crippen molar-refractivity contribution in [2.75, 3.05) is 19.6 Å². The Bertz CT molecular complexity index is 869. The van der Waals surface area contributed by atoms with Crippen molar-refractivity contribution in [3.63, 3.8) is 0 Å².